The molecule has 0 aromatic heterocycles. The summed E-state index contributed by atoms with van der Waals surface area (Å²) in [4.78, 5) is 14.6. The monoisotopic (exact) mass is 328 g/mol. The molecular formula is C19H24N2O3. The van der Waals surface area contributed by atoms with Crippen LogP contribution in [0.25, 0.3) is 0 Å². The largest absolute Gasteiger partial charge is 0.491 e. The molecule has 1 aliphatic heterocycles. The SMILES string of the molecule is C[C@@H]1C[C@]1(C#N)C(=O)N1C[C@H](COc2ccccc2)OC(C)(C)C1. The molecule has 1 heterocycles. The number of hydrogen-bond acceptors (Lipinski definition) is 4. The Kier molecular flexibility index (Phi) is 4.27. The minimum absolute atomic E-state index is 0.0569. The second kappa shape index (κ2) is 6.10. The number of carbonyl (C=O) groups is 1. The topological polar surface area (TPSA) is 62.6 Å². The Morgan fingerprint density at radius 2 is 2.08 bits per heavy atom. The number of rotatable bonds is 4. The predicted molar refractivity (Wildman–Crippen MR) is 89.3 cm³/mol. The van der Waals surface area contributed by atoms with E-state index >= 15 is 0 Å². The van der Waals surface area contributed by atoms with Crippen LogP contribution in [0.4, 0.5) is 0 Å². The smallest absolute Gasteiger partial charge is 0.243 e. The standard InChI is InChI=1S/C19H24N2O3/c1-14-9-19(14,12-20)17(22)21-10-16(24-18(2,3)13-21)11-23-15-7-5-4-6-8-15/h4-8,14,16H,9-11,13H2,1-3H3/t14-,16-,19-/m1/s1. The van der Waals surface area contributed by atoms with Crippen molar-refractivity contribution in [2.75, 3.05) is 19.7 Å². The van der Waals surface area contributed by atoms with E-state index in [9.17, 15) is 10.1 Å². The zero-order valence-electron chi connectivity index (χ0n) is 14.5. The van der Waals surface area contributed by atoms with Gasteiger partial charge in [-0.3, -0.25) is 4.79 Å². The molecule has 3 rings (SSSR count). The van der Waals surface area contributed by atoms with Crippen molar-refractivity contribution in [3.63, 3.8) is 0 Å². The van der Waals surface area contributed by atoms with Crippen LogP contribution in [-0.4, -0.2) is 42.2 Å². The summed E-state index contributed by atoms with van der Waals surface area (Å²) in [6.45, 7) is 7.25. The average molecular weight is 328 g/mol. The maximum atomic E-state index is 12.8. The lowest BCUT2D eigenvalue weighted by atomic mass is 10.00. The van der Waals surface area contributed by atoms with Gasteiger partial charge >= 0.3 is 0 Å². The number of morpholine rings is 1. The van der Waals surface area contributed by atoms with Crippen molar-refractivity contribution in [3.05, 3.63) is 30.3 Å². The second-order valence-electron chi connectivity index (χ2n) is 7.50. The van der Waals surface area contributed by atoms with Gasteiger partial charge in [-0.2, -0.15) is 5.26 Å². The molecule has 128 valence electrons. The van der Waals surface area contributed by atoms with Crippen LogP contribution in [0.5, 0.6) is 5.75 Å². The van der Waals surface area contributed by atoms with E-state index in [1.165, 1.54) is 0 Å². The van der Waals surface area contributed by atoms with Gasteiger partial charge < -0.3 is 14.4 Å². The molecule has 2 fully saturated rings. The van der Waals surface area contributed by atoms with Gasteiger partial charge in [-0.05, 0) is 38.3 Å². The van der Waals surface area contributed by atoms with Gasteiger partial charge in [0.2, 0.25) is 5.91 Å². The van der Waals surface area contributed by atoms with Crippen molar-refractivity contribution in [2.24, 2.45) is 11.3 Å². The summed E-state index contributed by atoms with van der Waals surface area (Å²) in [7, 11) is 0. The van der Waals surface area contributed by atoms with Gasteiger partial charge in [-0.25, -0.2) is 0 Å². The number of hydrogen-bond donors (Lipinski definition) is 0. The third kappa shape index (κ3) is 3.25. The van der Waals surface area contributed by atoms with Crippen LogP contribution in [0.3, 0.4) is 0 Å². The minimum Gasteiger partial charge on any atom is -0.491 e. The molecule has 0 unspecified atom stereocenters. The molecule has 5 heteroatoms. The molecule has 1 amide bonds. The lowest BCUT2D eigenvalue weighted by molar-refractivity contribution is -0.168. The number of ether oxygens (including phenoxy) is 2. The first-order valence-electron chi connectivity index (χ1n) is 8.42. The van der Waals surface area contributed by atoms with E-state index in [1.54, 1.807) is 4.90 Å². The number of carbonyl (C=O) groups excluding carboxylic acids is 1. The fourth-order valence-electron chi connectivity index (χ4n) is 3.45. The van der Waals surface area contributed by atoms with E-state index in [1.807, 2.05) is 51.1 Å². The van der Waals surface area contributed by atoms with Crippen molar-refractivity contribution >= 4 is 5.91 Å². The third-order valence-electron chi connectivity index (χ3n) is 4.84. The molecule has 24 heavy (non-hydrogen) atoms. The summed E-state index contributed by atoms with van der Waals surface area (Å²) in [6.07, 6.45) is 0.452. The maximum Gasteiger partial charge on any atom is 0.243 e. The van der Waals surface area contributed by atoms with Crippen LogP contribution in [0.15, 0.2) is 30.3 Å². The Balaban J connectivity index is 1.67. The quantitative estimate of drug-likeness (QED) is 0.852. The lowest BCUT2D eigenvalue weighted by Crippen LogP contribution is -2.57. The molecule has 1 saturated carbocycles. The fourth-order valence-corrected chi connectivity index (χ4v) is 3.45. The van der Waals surface area contributed by atoms with E-state index < -0.39 is 11.0 Å². The van der Waals surface area contributed by atoms with E-state index in [0.717, 1.165) is 5.75 Å². The normalized spacial score (nSPS) is 31.2. The zero-order chi connectivity index (χ0) is 17.4. The van der Waals surface area contributed by atoms with Crippen molar-refractivity contribution in [1.82, 2.24) is 4.90 Å². The molecule has 1 aromatic rings. The second-order valence-corrected chi connectivity index (χ2v) is 7.50. The van der Waals surface area contributed by atoms with Crippen LogP contribution in [0.1, 0.15) is 27.2 Å². The van der Waals surface area contributed by atoms with Crippen LogP contribution in [0.2, 0.25) is 0 Å². The third-order valence-corrected chi connectivity index (χ3v) is 4.84. The van der Waals surface area contributed by atoms with Gasteiger partial charge in [0.15, 0.2) is 0 Å². The number of amides is 1. The zero-order valence-corrected chi connectivity index (χ0v) is 14.5. The fraction of sp³-hybridized carbons (Fsp3) is 0.579. The molecule has 3 atom stereocenters. The highest BCUT2D eigenvalue weighted by Crippen LogP contribution is 2.53. The summed E-state index contributed by atoms with van der Waals surface area (Å²) < 4.78 is 11.9. The van der Waals surface area contributed by atoms with Gasteiger partial charge in [-0.15, -0.1) is 0 Å². The molecule has 1 aliphatic carbocycles. The average Bonchev–Trinajstić information content (AvgIpc) is 3.23. The summed E-state index contributed by atoms with van der Waals surface area (Å²) in [5, 5.41) is 9.42. The Morgan fingerprint density at radius 1 is 1.42 bits per heavy atom. The van der Waals surface area contributed by atoms with Crippen LogP contribution < -0.4 is 4.74 Å². The first-order valence-corrected chi connectivity index (χ1v) is 8.42. The first kappa shape index (κ1) is 16.8. The molecule has 0 spiro atoms. The Morgan fingerprint density at radius 3 is 2.67 bits per heavy atom. The summed E-state index contributed by atoms with van der Waals surface area (Å²) in [5.74, 6) is 0.866. The minimum atomic E-state index is -0.821. The van der Waals surface area contributed by atoms with E-state index in [2.05, 4.69) is 6.07 Å². The molecule has 0 bridgehead atoms. The van der Waals surface area contributed by atoms with E-state index in [-0.39, 0.29) is 17.9 Å². The molecule has 5 nitrogen and oxygen atoms in total. The molecule has 1 saturated heterocycles. The first-order chi connectivity index (χ1) is 11.4. The molecule has 1 aromatic carbocycles. The van der Waals surface area contributed by atoms with Gasteiger partial charge in [0, 0.05) is 6.54 Å². The highest BCUT2D eigenvalue weighted by Gasteiger charge is 2.60. The number of para-hydroxylation sites is 1. The summed E-state index contributed by atoms with van der Waals surface area (Å²) in [6, 6.07) is 11.8. The number of benzene rings is 1. The van der Waals surface area contributed by atoms with Crippen molar-refractivity contribution < 1.29 is 14.3 Å². The Hall–Kier alpha value is -2.06. The molecular weight excluding hydrogens is 304 g/mol. The highest BCUT2D eigenvalue weighted by atomic mass is 16.5. The lowest BCUT2D eigenvalue weighted by Gasteiger charge is -2.43. The van der Waals surface area contributed by atoms with Gasteiger partial charge in [0.05, 0.1) is 18.2 Å². The molecule has 0 N–H and O–H groups in total. The Labute approximate surface area is 143 Å². The van der Waals surface area contributed by atoms with Crippen molar-refractivity contribution in [3.8, 4) is 11.8 Å². The van der Waals surface area contributed by atoms with Gasteiger partial charge in [-0.1, -0.05) is 25.1 Å². The highest BCUT2D eigenvalue weighted by molar-refractivity contribution is 5.89. The van der Waals surface area contributed by atoms with E-state index in [0.29, 0.717) is 26.1 Å². The van der Waals surface area contributed by atoms with Crippen LogP contribution in [-0.2, 0) is 9.53 Å². The molecule has 2 aliphatic rings. The van der Waals surface area contributed by atoms with Crippen molar-refractivity contribution in [2.45, 2.75) is 38.9 Å². The van der Waals surface area contributed by atoms with Gasteiger partial charge in [0.1, 0.15) is 23.9 Å². The maximum absolute atomic E-state index is 12.8. The molecule has 0 radical (unpaired) electrons. The summed E-state index contributed by atoms with van der Waals surface area (Å²) >= 11 is 0. The predicted octanol–water partition coefficient (Wildman–Crippen LogP) is 2.62. The number of nitriles is 1. The number of nitrogens with zero attached hydrogens (tertiary/aromatic N) is 2. The Bertz CT molecular complexity index is 652. The summed E-state index contributed by atoms with van der Waals surface area (Å²) in [5.41, 5.74) is -1.27. The van der Waals surface area contributed by atoms with Crippen molar-refractivity contribution in [1.29, 1.82) is 5.26 Å². The van der Waals surface area contributed by atoms with Crippen LogP contribution >= 0.6 is 0 Å². The van der Waals surface area contributed by atoms with Crippen LogP contribution in [0, 0.1) is 22.7 Å². The van der Waals surface area contributed by atoms with E-state index in [4.69, 9.17) is 9.47 Å². The van der Waals surface area contributed by atoms with Gasteiger partial charge in [0.25, 0.3) is 0 Å².